The molecule has 106 valence electrons. The minimum atomic E-state index is -0.422. The van der Waals surface area contributed by atoms with E-state index in [0.717, 1.165) is 17.3 Å². The lowest BCUT2D eigenvalue weighted by Gasteiger charge is -2.42. The summed E-state index contributed by atoms with van der Waals surface area (Å²) in [6.07, 6.45) is 1.50. The van der Waals surface area contributed by atoms with Crippen LogP contribution in [-0.4, -0.2) is 33.0 Å². The van der Waals surface area contributed by atoms with Gasteiger partial charge in [0.15, 0.2) is 0 Å². The number of ether oxygens (including phenoxy) is 2. The van der Waals surface area contributed by atoms with Crippen molar-refractivity contribution in [3.05, 3.63) is 34.1 Å². The van der Waals surface area contributed by atoms with Gasteiger partial charge in [-0.05, 0) is 25.2 Å². The van der Waals surface area contributed by atoms with Crippen LogP contribution in [0.15, 0.2) is 22.7 Å². The standard InChI is InChI=1S/C14H19BrFNO2/c1-17-13(11-9-10(15)3-4-12(11)16)14(18-2)5-7-19-8-6-14/h3-4,9,13,17H,5-8H2,1-2H3. The number of benzene rings is 1. The van der Waals surface area contributed by atoms with Gasteiger partial charge in [-0.15, -0.1) is 0 Å². The highest BCUT2D eigenvalue weighted by Crippen LogP contribution is 2.38. The molecule has 0 saturated carbocycles. The number of nitrogens with one attached hydrogen (secondary N) is 1. The maximum absolute atomic E-state index is 14.1. The molecule has 1 aliphatic rings. The summed E-state index contributed by atoms with van der Waals surface area (Å²) in [5, 5.41) is 3.21. The van der Waals surface area contributed by atoms with Gasteiger partial charge in [0, 0.05) is 43.2 Å². The summed E-state index contributed by atoms with van der Waals surface area (Å²) >= 11 is 3.40. The van der Waals surface area contributed by atoms with Crippen molar-refractivity contribution in [2.75, 3.05) is 27.4 Å². The number of methoxy groups -OCH3 is 1. The summed E-state index contributed by atoms with van der Waals surface area (Å²) in [6, 6.07) is 4.80. The highest BCUT2D eigenvalue weighted by Gasteiger charge is 2.41. The van der Waals surface area contributed by atoms with Crippen molar-refractivity contribution in [3.8, 4) is 0 Å². The van der Waals surface area contributed by atoms with Gasteiger partial charge in [0.1, 0.15) is 5.82 Å². The Balaban J connectivity index is 2.39. The fourth-order valence-corrected chi connectivity index (χ4v) is 3.14. The SMILES string of the molecule is CNC(c1cc(Br)ccc1F)C1(OC)CCOCC1. The molecule has 1 unspecified atom stereocenters. The molecule has 2 rings (SSSR count). The van der Waals surface area contributed by atoms with Gasteiger partial charge in [-0.3, -0.25) is 0 Å². The first kappa shape index (κ1) is 14.9. The van der Waals surface area contributed by atoms with Gasteiger partial charge in [-0.25, -0.2) is 4.39 Å². The van der Waals surface area contributed by atoms with Crippen LogP contribution in [0.1, 0.15) is 24.4 Å². The second-order valence-electron chi connectivity index (χ2n) is 4.77. The average molecular weight is 332 g/mol. The number of likely N-dealkylation sites (N-methyl/N-ethyl adjacent to an activating group) is 1. The third-order valence-corrected chi connectivity index (χ3v) is 4.32. The van der Waals surface area contributed by atoms with Gasteiger partial charge in [-0.2, -0.15) is 0 Å². The highest BCUT2D eigenvalue weighted by molar-refractivity contribution is 9.10. The quantitative estimate of drug-likeness (QED) is 0.919. The molecule has 3 nitrogen and oxygen atoms in total. The summed E-state index contributed by atoms with van der Waals surface area (Å²) in [4.78, 5) is 0. The summed E-state index contributed by atoms with van der Waals surface area (Å²) in [7, 11) is 3.52. The normalized spacial score (nSPS) is 20.2. The van der Waals surface area contributed by atoms with Crippen LogP contribution in [0.2, 0.25) is 0 Å². The molecule has 1 heterocycles. The number of rotatable bonds is 4. The Morgan fingerprint density at radius 1 is 1.42 bits per heavy atom. The van der Waals surface area contributed by atoms with E-state index < -0.39 is 5.60 Å². The molecule has 0 aromatic heterocycles. The second-order valence-corrected chi connectivity index (χ2v) is 5.68. The van der Waals surface area contributed by atoms with E-state index in [4.69, 9.17) is 9.47 Å². The highest BCUT2D eigenvalue weighted by atomic mass is 79.9. The Labute approximate surface area is 121 Å². The second kappa shape index (κ2) is 6.31. The van der Waals surface area contributed by atoms with Gasteiger partial charge < -0.3 is 14.8 Å². The molecular weight excluding hydrogens is 313 g/mol. The first-order valence-electron chi connectivity index (χ1n) is 6.38. The van der Waals surface area contributed by atoms with Crippen LogP contribution in [0.4, 0.5) is 4.39 Å². The number of hydrogen-bond donors (Lipinski definition) is 1. The van der Waals surface area contributed by atoms with Crippen LogP contribution in [0.3, 0.4) is 0 Å². The predicted molar refractivity (Wildman–Crippen MR) is 75.7 cm³/mol. The molecule has 0 amide bonds. The van der Waals surface area contributed by atoms with Crippen LogP contribution in [0, 0.1) is 5.82 Å². The summed E-state index contributed by atoms with van der Waals surface area (Å²) in [5.41, 5.74) is 0.204. The molecule has 1 fully saturated rings. The zero-order chi connectivity index (χ0) is 13.9. The first-order chi connectivity index (χ1) is 9.13. The minimum Gasteiger partial charge on any atom is -0.381 e. The van der Waals surface area contributed by atoms with E-state index in [9.17, 15) is 4.39 Å². The Bertz CT molecular complexity index is 435. The molecule has 0 bridgehead atoms. The Kier molecular flexibility index (Phi) is 4.95. The van der Waals surface area contributed by atoms with Gasteiger partial charge in [0.05, 0.1) is 11.6 Å². The smallest absolute Gasteiger partial charge is 0.128 e. The maximum atomic E-state index is 14.1. The third-order valence-electron chi connectivity index (χ3n) is 3.83. The average Bonchev–Trinajstić information content (AvgIpc) is 2.44. The molecule has 1 aliphatic heterocycles. The lowest BCUT2D eigenvalue weighted by molar-refractivity contribution is -0.111. The van der Waals surface area contributed by atoms with E-state index in [1.165, 1.54) is 6.07 Å². The van der Waals surface area contributed by atoms with E-state index in [1.807, 2.05) is 13.1 Å². The van der Waals surface area contributed by atoms with E-state index in [1.54, 1.807) is 13.2 Å². The Hall–Kier alpha value is -0.490. The van der Waals surface area contributed by atoms with Gasteiger partial charge >= 0.3 is 0 Å². The van der Waals surface area contributed by atoms with Crippen LogP contribution in [0.5, 0.6) is 0 Å². The van der Waals surface area contributed by atoms with Crippen molar-refractivity contribution in [1.82, 2.24) is 5.32 Å². The van der Waals surface area contributed by atoms with E-state index >= 15 is 0 Å². The summed E-state index contributed by atoms with van der Waals surface area (Å²) < 4.78 is 26.1. The molecule has 19 heavy (non-hydrogen) atoms. The van der Waals surface area contributed by atoms with E-state index in [0.29, 0.717) is 18.8 Å². The molecule has 1 atom stereocenters. The molecule has 1 aromatic rings. The van der Waals surface area contributed by atoms with Crippen molar-refractivity contribution in [1.29, 1.82) is 0 Å². The van der Waals surface area contributed by atoms with Gasteiger partial charge in [0.2, 0.25) is 0 Å². The molecule has 5 heteroatoms. The van der Waals surface area contributed by atoms with Crippen LogP contribution in [-0.2, 0) is 9.47 Å². The largest absolute Gasteiger partial charge is 0.381 e. The lowest BCUT2D eigenvalue weighted by atomic mass is 9.82. The van der Waals surface area contributed by atoms with Gasteiger partial charge in [0.25, 0.3) is 0 Å². The molecule has 0 aliphatic carbocycles. The molecule has 1 N–H and O–H groups in total. The van der Waals surface area contributed by atoms with Crippen LogP contribution in [0.25, 0.3) is 0 Å². The molecule has 1 aromatic carbocycles. The van der Waals surface area contributed by atoms with Crippen molar-refractivity contribution in [2.24, 2.45) is 0 Å². The monoisotopic (exact) mass is 331 g/mol. The Morgan fingerprint density at radius 3 is 2.68 bits per heavy atom. The molecule has 0 radical (unpaired) electrons. The third kappa shape index (κ3) is 2.99. The van der Waals surface area contributed by atoms with Crippen molar-refractivity contribution >= 4 is 15.9 Å². The molecular formula is C14H19BrFNO2. The maximum Gasteiger partial charge on any atom is 0.128 e. The lowest BCUT2D eigenvalue weighted by Crippen LogP contribution is -2.48. The van der Waals surface area contributed by atoms with Crippen molar-refractivity contribution < 1.29 is 13.9 Å². The predicted octanol–water partition coefficient (Wildman–Crippen LogP) is 3.04. The van der Waals surface area contributed by atoms with Crippen molar-refractivity contribution in [2.45, 2.75) is 24.5 Å². The molecule has 0 spiro atoms. The molecule has 1 saturated heterocycles. The van der Waals surface area contributed by atoms with E-state index in [2.05, 4.69) is 21.2 Å². The van der Waals surface area contributed by atoms with E-state index in [-0.39, 0.29) is 11.9 Å². The Morgan fingerprint density at radius 2 is 2.11 bits per heavy atom. The fraction of sp³-hybridized carbons (Fsp3) is 0.571. The summed E-state index contributed by atoms with van der Waals surface area (Å²) in [5.74, 6) is -0.217. The van der Waals surface area contributed by atoms with Crippen molar-refractivity contribution in [3.63, 3.8) is 0 Å². The number of halogens is 2. The zero-order valence-electron chi connectivity index (χ0n) is 11.2. The zero-order valence-corrected chi connectivity index (χ0v) is 12.8. The first-order valence-corrected chi connectivity index (χ1v) is 7.17. The minimum absolute atomic E-state index is 0.195. The topological polar surface area (TPSA) is 30.5 Å². The van der Waals surface area contributed by atoms with Crippen LogP contribution >= 0.6 is 15.9 Å². The summed E-state index contributed by atoms with van der Waals surface area (Å²) in [6.45, 7) is 1.28. The van der Waals surface area contributed by atoms with Crippen LogP contribution < -0.4 is 5.32 Å². The number of hydrogen-bond acceptors (Lipinski definition) is 3. The van der Waals surface area contributed by atoms with Gasteiger partial charge in [-0.1, -0.05) is 15.9 Å². The fourth-order valence-electron chi connectivity index (χ4n) is 2.77.